The molecule has 1 aromatic carbocycles. The van der Waals surface area contributed by atoms with Crippen LogP contribution in [-0.2, 0) is 0 Å². The van der Waals surface area contributed by atoms with Gasteiger partial charge in [0.15, 0.2) is 0 Å². The van der Waals surface area contributed by atoms with E-state index in [0.29, 0.717) is 31.5 Å². The molecule has 2 heterocycles. The molecule has 0 atom stereocenters. The van der Waals surface area contributed by atoms with Gasteiger partial charge in [-0.25, -0.2) is 9.07 Å². The van der Waals surface area contributed by atoms with Crippen LogP contribution in [0.1, 0.15) is 48.7 Å². The topological polar surface area (TPSA) is 58.4 Å². The number of rotatable bonds is 3. The van der Waals surface area contributed by atoms with Gasteiger partial charge in [0, 0.05) is 13.1 Å². The number of hydrogen-bond donors (Lipinski definition) is 1. The molecule has 1 saturated heterocycles. The Bertz CT molecular complexity index is 716. The second-order valence-electron chi connectivity index (χ2n) is 6.51. The first kappa shape index (κ1) is 16.6. The molecule has 1 aromatic heterocycles. The summed E-state index contributed by atoms with van der Waals surface area (Å²) >= 11 is 0. The van der Waals surface area contributed by atoms with E-state index < -0.39 is 0 Å². The Morgan fingerprint density at radius 3 is 2.46 bits per heavy atom. The van der Waals surface area contributed by atoms with E-state index in [1.807, 2.05) is 13.8 Å². The number of carbonyl (C=O) groups is 1. The van der Waals surface area contributed by atoms with E-state index in [4.69, 9.17) is 0 Å². The van der Waals surface area contributed by atoms with Crippen molar-refractivity contribution in [3.05, 3.63) is 47.5 Å². The van der Waals surface area contributed by atoms with Gasteiger partial charge < -0.3 is 10.0 Å². The first-order valence-electron chi connectivity index (χ1n) is 8.28. The monoisotopic (exact) mass is 331 g/mol. The maximum atomic E-state index is 13.2. The Hall–Kier alpha value is -2.21. The molecule has 128 valence electrons. The summed E-state index contributed by atoms with van der Waals surface area (Å²) in [5, 5.41) is 14.0. The number of aromatic nitrogens is 2. The molecule has 0 bridgehead atoms. The van der Waals surface area contributed by atoms with Crippen LogP contribution in [0, 0.1) is 5.82 Å². The van der Waals surface area contributed by atoms with Gasteiger partial charge in [-0.15, -0.1) is 0 Å². The van der Waals surface area contributed by atoms with Gasteiger partial charge in [0.2, 0.25) is 0 Å². The third-order valence-electron chi connectivity index (χ3n) is 4.41. The average Bonchev–Trinajstić information content (AvgIpc) is 3.01. The molecule has 0 radical (unpaired) electrons. The quantitative estimate of drug-likeness (QED) is 0.941. The number of aliphatic hydroxyl groups is 1. The van der Waals surface area contributed by atoms with E-state index >= 15 is 0 Å². The number of aliphatic hydroxyl groups excluding tert-OH is 1. The van der Waals surface area contributed by atoms with Gasteiger partial charge in [-0.2, -0.15) is 5.10 Å². The first-order chi connectivity index (χ1) is 11.5. The molecule has 1 N–H and O–H groups in total. The highest BCUT2D eigenvalue weighted by atomic mass is 19.1. The zero-order valence-electron chi connectivity index (χ0n) is 13.9. The number of benzene rings is 1. The maximum Gasteiger partial charge on any atom is 0.257 e. The molecule has 0 spiro atoms. The Morgan fingerprint density at radius 2 is 1.88 bits per heavy atom. The highest BCUT2D eigenvalue weighted by Gasteiger charge is 2.27. The molecule has 1 aliphatic rings. The van der Waals surface area contributed by atoms with Crippen molar-refractivity contribution in [1.29, 1.82) is 0 Å². The Balaban J connectivity index is 1.94. The summed E-state index contributed by atoms with van der Waals surface area (Å²) in [5.41, 5.74) is 2.12. The Morgan fingerprint density at radius 1 is 1.25 bits per heavy atom. The van der Waals surface area contributed by atoms with Crippen molar-refractivity contribution >= 4 is 5.91 Å². The zero-order valence-corrected chi connectivity index (χ0v) is 13.9. The summed E-state index contributed by atoms with van der Waals surface area (Å²) in [6, 6.07) is 6.07. The summed E-state index contributed by atoms with van der Waals surface area (Å²) in [6.45, 7) is 5.13. The number of amides is 1. The molecular weight excluding hydrogens is 309 g/mol. The zero-order chi connectivity index (χ0) is 17.3. The van der Waals surface area contributed by atoms with E-state index in [1.54, 1.807) is 27.9 Å². The maximum absolute atomic E-state index is 13.2. The van der Waals surface area contributed by atoms with Crippen LogP contribution < -0.4 is 0 Å². The van der Waals surface area contributed by atoms with E-state index in [9.17, 15) is 14.3 Å². The molecule has 0 aliphatic carbocycles. The molecule has 5 nitrogen and oxygen atoms in total. The molecule has 0 saturated carbocycles. The van der Waals surface area contributed by atoms with Crippen molar-refractivity contribution in [2.75, 3.05) is 13.1 Å². The van der Waals surface area contributed by atoms with Crippen LogP contribution in [-0.4, -0.2) is 44.9 Å². The molecule has 1 aliphatic heterocycles. The highest BCUT2D eigenvalue weighted by molar-refractivity contribution is 5.95. The van der Waals surface area contributed by atoms with Gasteiger partial charge in [-0.3, -0.25) is 4.79 Å². The minimum absolute atomic E-state index is 0.0565. The van der Waals surface area contributed by atoms with Crippen molar-refractivity contribution in [3.8, 4) is 5.69 Å². The van der Waals surface area contributed by atoms with Gasteiger partial charge in [0.25, 0.3) is 5.91 Å². The molecular formula is C18H22FN3O2. The van der Waals surface area contributed by atoms with E-state index in [-0.39, 0.29) is 23.7 Å². The van der Waals surface area contributed by atoms with E-state index in [0.717, 1.165) is 11.4 Å². The number of hydrogen-bond acceptors (Lipinski definition) is 3. The second kappa shape index (κ2) is 6.73. The van der Waals surface area contributed by atoms with Crippen molar-refractivity contribution < 1.29 is 14.3 Å². The van der Waals surface area contributed by atoms with E-state index in [2.05, 4.69) is 5.10 Å². The first-order valence-corrected chi connectivity index (χ1v) is 8.28. The van der Waals surface area contributed by atoms with Crippen molar-refractivity contribution in [3.63, 3.8) is 0 Å². The second-order valence-corrected chi connectivity index (χ2v) is 6.51. The number of halogens is 1. The Labute approximate surface area is 140 Å². The number of nitrogens with zero attached hydrogens (tertiary/aromatic N) is 3. The lowest BCUT2D eigenvalue weighted by molar-refractivity contribution is 0.0545. The molecule has 0 unspecified atom stereocenters. The molecule has 1 amide bonds. The lowest BCUT2D eigenvalue weighted by atomic mass is 10.0. The lowest BCUT2D eigenvalue weighted by Gasteiger charge is -2.29. The fourth-order valence-corrected chi connectivity index (χ4v) is 3.11. The van der Waals surface area contributed by atoms with Crippen LogP contribution in [0.2, 0.25) is 0 Å². The molecule has 6 heteroatoms. The minimum atomic E-state index is -0.319. The smallest absolute Gasteiger partial charge is 0.257 e. The van der Waals surface area contributed by atoms with Crippen LogP contribution in [0.4, 0.5) is 4.39 Å². The summed E-state index contributed by atoms with van der Waals surface area (Å²) in [5.74, 6) is -0.272. The minimum Gasteiger partial charge on any atom is -0.393 e. The van der Waals surface area contributed by atoms with Crippen LogP contribution >= 0.6 is 0 Å². The van der Waals surface area contributed by atoms with Crippen LogP contribution in [0.25, 0.3) is 5.69 Å². The fourth-order valence-electron chi connectivity index (χ4n) is 3.11. The average molecular weight is 331 g/mol. The van der Waals surface area contributed by atoms with Crippen molar-refractivity contribution in [2.24, 2.45) is 0 Å². The molecule has 2 aromatic rings. The lowest BCUT2D eigenvalue weighted by Crippen LogP contribution is -2.40. The molecule has 1 fully saturated rings. The fraction of sp³-hybridized carbons (Fsp3) is 0.444. The van der Waals surface area contributed by atoms with Gasteiger partial charge >= 0.3 is 0 Å². The number of likely N-dealkylation sites (tertiary alicyclic amines) is 1. The summed E-state index contributed by atoms with van der Waals surface area (Å²) in [7, 11) is 0. The highest BCUT2D eigenvalue weighted by Crippen LogP contribution is 2.25. The predicted octanol–water partition coefficient (Wildman–Crippen LogP) is 2.73. The largest absolute Gasteiger partial charge is 0.393 e. The van der Waals surface area contributed by atoms with Gasteiger partial charge in [-0.1, -0.05) is 13.8 Å². The van der Waals surface area contributed by atoms with Crippen molar-refractivity contribution in [2.45, 2.75) is 38.7 Å². The number of carbonyl (C=O) groups excluding carboxylic acids is 1. The van der Waals surface area contributed by atoms with E-state index in [1.165, 1.54) is 12.1 Å². The van der Waals surface area contributed by atoms with Crippen LogP contribution in [0.15, 0.2) is 30.5 Å². The van der Waals surface area contributed by atoms with Gasteiger partial charge in [0.1, 0.15) is 5.82 Å². The van der Waals surface area contributed by atoms with Crippen LogP contribution in [0.5, 0.6) is 0 Å². The van der Waals surface area contributed by atoms with Crippen molar-refractivity contribution in [1.82, 2.24) is 14.7 Å². The summed E-state index contributed by atoms with van der Waals surface area (Å²) in [6.07, 6.45) is 2.48. The summed E-state index contributed by atoms with van der Waals surface area (Å²) < 4.78 is 14.9. The number of piperidine rings is 1. The third kappa shape index (κ3) is 3.19. The molecule has 24 heavy (non-hydrogen) atoms. The van der Waals surface area contributed by atoms with Gasteiger partial charge in [0.05, 0.1) is 29.2 Å². The third-order valence-corrected chi connectivity index (χ3v) is 4.41. The standard InChI is InChI=1S/C18H22FN3O2/c1-12(2)17-16(18(24)21-9-7-15(23)8-10-21)11-20-22(17)14-5-3-13(19)4-6-14/h3-6,11-12,15,23H,7-10H2,1-2H3. The molecule has 3 rings (SSSR count). The van der Waals surface area contributed by atoms with Crippen LogP contribution in [0.3, 0.4) is 0 Å². The summed E-state index contributed by atoms with van der Waals surface area (Å²) in [4.78, 5) is 14.6. The Kier molecular flexibility index (Phi) is 4.66. The normalized spacial score (nSPS) is 16.0. The predicted molar refractivity (Wildman–Crippen MR) is 88.8 cm³/mol. The van der Waals surface area contributed by atoms with Gasteiger partial charge in [-0.05, 0) is 43.0 Å². The SMILES string of the molecule is CC(C)c1c(C(=O)N2CCC(O)CC2)cnn1-c1ccc(F)cc1.